The number of nitrogens with zero attached hydrogens (tertiary/aromatic N) is 3. The van der Waals surface area contributed by atoms with Gasteiger partial charge in [0.1, 0.15) is 11.7 Å². The molecule has 2 heterocycles. The number of carbonyl (C=O) groups excluding carboxylic acids is 1. The Bertz CT molecular complexity index is 804. The fourth-order valence-electron chi connectivity index (χ4n) is 3.59. The number of carboxylic acid groups (broad SMARTS) is 1. The lowest BCUT2D eigenvalue weighted by molar-refractivity contribution is -0.153. The van der Waals surface area contributed by atoms with E-state index in [1.165, 1.54) is 11.8 Å². The summed E-state index contributed by atoms with van der Waals surface area (Å²) in [7, 11) is 0. The average molecular weight is 403 g/mol. The van der Waals surface area contributed by atoms with Crippen molar-refractivity contribution in [3.63, 3.8) is 0 Å². The first-order chi connectivity index (χ1) is 13.5. The van der Waals surface area contributed by atoms with Crippen LogP contribution in [0.5, 0.6) is 0 Å². The van der Waals surface area contributed by atoms with Crippen LogP contribution < -0.4 is 0 Å². The molecule has 1 saturated heterocycles. The van der Waals surface area contributed by atoms with Crippen LogP contribution in [0, 0.1) is 0 Å². The number of amidine groups is 1. The van der Waals surface area contributed by atoms with E-state index >= 15 is 0 Å². The number of hydrogen-bond donors (Lipinski definition) is 1. The molecule has 2 aliphatic heterocycles. The van der Waals surface area contributed by atoms with Crippen molar-refractivity contribution in [3.05, 3.63) is 35.9 Å². The van der Waals surface area contributed by atoms with Gasteiger partial charge in [0.05, 0.1) is 12.6 Å². The minimum atomic E-state index is -1.46. The normalized spacial score (nSPS) is 27.3. The van der Waals surface area contributed by atoms with E-state index < -0.39 is 23.2 Å². The van der Waals surface area contributed by atoms with Crippen molar-refractivity contribution in [2.45, 2.75) is 57.9 Å². The van der Waals surface area contributed by atoms with Gasteiger partial charge in [-0.2, -0.15) is 0 Å². The highest BCUT2D eigenvalue weighted by atomic mass is 16.6. The van der Waals surface area contributed by atoms with Crippen molar-refractivity contribution >= 4 is 18.1 Å². The number of piperazine rings is 1. The van der Waals surface area contributed by atoms with Crippen molar-refractivity contribution in [2.75, 3.05) is 19.6 Å². The second-order valence-electron chi connectivity index (χ2n) is 8.73. The van der Waals surface area contributed by atoms with Crippen molar-refractivity contribution in [2.24, 2.45) is 4.99 Å². The van der Waals surface area contributed by atoms with Gasteiger partial charge < -0.3 is 19.5 Å². The van der Waals surface area contributed by atoms with Gasteiger partial charge in [0, 0.05) is 13.1 Å². The zero-order valence-electron chi connectivity index (χ0n) is 17.6. The van der Waals surface area contributed by atoms with Gasteiger partial charge in [0.2, 0.25) is 0 Å². The molecule has 1 N–H and O–H groups in total. The molecule has 0 unspecified atom stereocenters. The topological polar surface area (TPSA) is 91.7 Å². The molecule has 0 saturated carbocycles. The summed E-state index contributed by atoms with van der Waals surface area (Å²) in [6, 6.07) is 10.1. The molecule has 0 bridgehead atoms. The molecule has 8 heteroatoms. The molecule has 1 aromatic carbocycles. The highest BCUT2D eigenvalue weighted by Crippen LogP contribution is 2.32. The first kappa shape index (κ1) is 21.0. The summed E-state index contributed by atoms with van der Waals surface area (Å²) in [5.74, 6) is -1.10. The largest absolute Gasteiger partial charge is 0.479 e. The molecular weight excluding hydrogens is 374 g/mol. The van der Waals surface area contributed by atoms with Crippen LogP contribution in [0.3, 0.4) is 0 Å². The summed E-state index contributed by atoms with van der Waals surface area (Å²) >= 11 is 0. The fourth-order valence-corrected chi connectivity index (χ4v) is 3.59. The van der Waals surface area contributed by atoms with E-state index in [1.54, 1.807) is 25.7 Å². The molecule has 1 aromatic rings. The van der Waals surface area contributed by atoms with E-state index in [1.807, 2.05) is 37.3 Å². The predicted molar refractivity (Wildman–Crippen MR) is 108 cm³/mol. The van der Waals surface area contributed by atoms with Crippen LogP contribution in [0.25, 0.3) is 0 Å². The Morgan fingerprint density at radius 3 is 2.48 bits per heavy atom. The fraction of sp³-hybridized carbons (Fsp3) is 0.571. The number of ether oxygens (including phenoxy) is 2. The maximum atomic E-state index is 12.6. The summed E-state index contributed by atoms with van der Waals surface area (Å²) < 4.78 is 11.5. The number of aliphatic carboxylic acids is 1. The summed E-state index contributed by atoms with van der Waals surface area (Å²) in [6.45, 7) is 9.44. The molecule has 1 fully saturated rings. The Morgan fingerprint density at radius 2 is 1.90 bits per heavy atom. The van der Waals surface area contributed by atoms with Crippen LogP contribution in [0.1, 0.15) is 46.3 Å². The van der Waals surface area contributed by atoms with Crippen molar-refractivity contribution in [3.8, 4) is 0 Å². The summed E-state index contributed by atoms with van der Waals surface area (Å²) in [5.41, 5.74) is -1.14. The van der Waals surface area contributed by atoms with E-state index in [9.17, 15) is 14.7 Å². The summed E-state index contributed by atoms with van der Waals surface area (Å²) in [6.07, 6.45) is -0.849. The molecule has 3 atom stereocenters. The number of rotatable bonds is 2. The van der Waals surface area contributed by atoms with E-state index in [2.05, 4.69) is 4.99 Å². The minimum absolute atomic E-state index is 0.0641. The van der Waals surface area contributed by atoms with Gasteiger partial charge >= 0.3 is 12.1 Å². The number of aliphatic imine (C=N–C) groups is 1. The molecule has 3 rings (SSSR count). The zero-order valence-corrected chi connectivity index (χ0v) is 17.6. The Morgan fingerprint density at radius 1 is 1.24 bits per heavy atom. The average Bonchev–Trinajstić information content (AvgIpc) is 3.02. The van der Waals surface area contributed by atoms with Crippen LogP contribution in [0.4, 0.5) is 4.79 Å². The van der Waals surface area contributed by atoms with Gasteiger partial charge in [-0.25, -0.2) is 14.6 Å². The molecule has 29 heavy (non-hydrogen) atoms. The Hall–Kier alpha value is -2.77. The van der Waals surface area contributed by atoms with Gasteiger partial charge in [-0.3, -0.25) is 4.90 Å². The quantitative estimate of drug-likeness (QED) is 0.816. The number of amides is 1. The lowest BCUT2D eigenvalue weighted by atomic mass is 9.97. The Kier molecular flexibility index (Phi) is 5.47. The highest BCUT2D eigenvalue weighted by molar-refractivity contribution is 5.86. The van der Waals surface area contributed by atoms with Crippen LogP contribution >= 0.6 is 0 Å². The molecule has 158 valence electrons. The summed E-state index contributed by atoms with van der Waals surface area (Å²) in [5, 5.41) is 9.90. The zero-order chi connectivity index (χ0) is 21.4. The third-order valence-electron chi connectivity index (χ3n) is 5.15. The second-order valence-corrected chi connectivity index (χ2v) is 8.73. The molecule has 0 aromatic heterocycles. The van der Waals surface area contributed by atoms with E-state index in [-0.39, 0.29) is 25.2 Å². The maximum absolute atomic E-state index is 12.6. The van der Waals surface area contributed by atoms with E-state index in [4.69, 9.17) is 9.47 Å². The smallest absolute Gasteiger partial charge is 0.411 e. The molecule has 2 aliphatic rings. The number of benzene rings is 1. The van der Waals surface area contributed by atoms with Gasteiger partial charge in [-0.05, 0) is 40.2 Å². The van der Waals surface area contributed by atoms with Gasteiger partial charge in [-0.1, -0.05) is 30.3 Å². The molecule has 8 nitrogen and oxygen atoms in total. The molecular formula is C21H29N3O5. The molecule has 0 radical (unpaired) electrons. The SMILES string of the molecule is C[C@@H]1N=C(N2CCN(C(=O)OC(C)(C)C)[C@](C)(C(=O)O)C2)O[C@H]1c1ccccc1. The number of hydrogen-bond acceptors (Lipinski definition) is 6. The lowest BCUT2D eigenvalue weighted by Crippen LogP contribution is -2.67. The maximum Gasteiger partial charge on any atom is 0.411 e. The first-order valence-electron chi connectivity index (χ1n) is 9.79. The molecule has 0 spiro atoms. The standard InChI is InChI=1S/C21H29N3O5/c1-14-16(15-9-7-6-8-10-15)28-18(22-14)23-11-12-24(19(27)29-20(2,3)4)21(5,13-23)17(25)26/h6-10,14,16H,11-13H2,1-5H3,(H,25,26)/t14-,16+,21-/m0/s1. The van der Waals surface area contributed by atoms with E-state index in [0.717, 1.165) is 5.56 Å². The van der Waals surface area contributed by atoms with Crippen LogP contribution in [0.2, 0.25) is 0 Å². The Labute approximate surface area is 171 Å². The highest BCUT2D eigenvalue weighted by Gasteiger charge is 2.49. The van der Waals surface area contributed by atoms with Crippen LogP contribution in [0.15, 0.2) is 35.3 Å². The Balaban J connectivity index is 1.76. The minimum Gasteiger partial charge on any atom is -0.479 e. The van der Waals surface area contributed by atoms with E-state index in [0.29, 0.717) is 12.6 Å². The van der Waals surface area contributed by atoms with Gasteiger partial charge in [0.15, 0.2) is 5.54 Å². The van der Waals surface area contributed by atoms with Gasteiger partial charge in [-0.15, -0.1) is 0 Å². The molecule has 1 amide bonds. The monoisotopic (exact) mass is 403 g/mol. The van der Waals surface area contributed by atoms with Crippen molar-refractivity contribution < 1.29 is 24.2 Å². The summed E-state index contributed by atoms with van der Waals surface area (Å²) in [4.78, 5) is 32.4. The van der Waals surface area contributed by atoms with Crippen molar-refractivity contribution in [1.29, 1.82) is 0 Å². The lowest BCUT2D eigenvalue weighted by Gasteiger charge is -2.46. The van der Waals surface area contributed by atoms with Crippen LogP contribution in [-0.4, -0.2) is 69.8 Å². The third kappa shape index (κ3) is 4.31. The third-order valence-corrected chi connectivity index (χ3v) is 5.15. The number of carboxylic acids is 1. The predicted octanol–water partition coefficient (Wildman–Crippen LogP) is 2.90. The second kappa shape index (κ2) is 7.57. The first-order valence-corrected chi connectivity index (χ1v) is 9.79. The van der Waals surface area contributed by atoms with Crippen molar-refractivity contribution in [1.82, 2.24) is 9.80 Å². The molecule has 0 aliphatic carbocycles. The number of carbonyl (C=O) groups is 2. The van der Waals surface area contributed by atoms with Gasteiger partial charge in [0.25, 0.3) is 6.02 Å². The van der Waals surface area contributed by atoms with Crippen LogP contribution in [-0.2, 0) is 14.3 Å².